The zero-order valence-corrected chi connectivity index (χ0v) is 12.9. The van der Waals surface area contributed by atoms with Gasteiger partial charge in [-0.25, -0.2) is 0 Å². The van der Waals surface area contributed by atoms with Crippen LogP contribution < -0.4 is 15.2 Å². The third-order valence-corrected chi connectivity index (χ3v) is 3.62. The summed E-state index contributed by atoms with van der Waals surface area (Å²) < 4.78 is 48.7. The third kappa shape index (κ3) is 3.87. The molecule has 2 rings (SSSR count). The lowest BCUT2D eigenvalue weighted by molar-refractivity contribution is -0.187. The number of benzene rings is 1. The second kappa shape index (κ2) is 6.66. The van der Waals surface area contributed by atoms with Gasteiger partial charge >= 0.3 is 12.1 Å². The van der Waals surface area contributed by atoms with Crippen LogP contribution in [0.3, 0.4) is 0 Å². The van der Waals surface area contributed by atoms with Gasteiger partial charge in [0.25, 0.3) is 6.29 Å². The molecule has 1 aromatic rings. The van der Waals surface area contributed by atoms with Crippen LogP contribution in [-0.4, -0.2) is 42.4 Å². The molecule has 1 aromatic carbocycles. The maximum atomic E-state index is 12.6. The number of likely N-dealkylation sites (N-methyl/N-ethyl adjacent to an activating group) is 1. The van der Waals surface area contributed by atoms with Crippen LogP contribution >= 0.6 is 0 Å². The number of hydrogen-bond acceptors (Lipinski definition) is 4. The fraction of sp³-hybridized carbons (Fsp3) is 0.533. The van der Waals surface area contributed by atoms with Crippen molar-refractivity contribution in [3.63, 3.8) is 0 Å². The summed E-state index contributed by atoms with van der Waals surface area (Å²) in [5.74, 6) is -0.762. The molecule has 1 aliphatic rings. The van der Waals surface area contributed by atoms with Crippen molar-refractivity contribution < 1.29 is 27.4 Å². The molecule has 2 N–H and O–H groups in total. The van der Waals surface area contributed by atoms with Crippen LogP contribution in [-0.2, 0) is 11.2 Å². The Hall–Kier alpha value is -1.96. The summed E-state index contributed by atoms with van der Waals surface area (Å²) in [6.07, 6.45) is -5.13. The van der Waals surface area contributed by atoms with Crippen molar-refractivity contribution in [2.75, 3.05) is 13.1 Å². The summed E-state index contributed by atoms with van der Waals surface area (Å²) in [5.41, 5.74) is 6.22. The van der Waals surface area contributed by atoms with E-state index in [2.05, 4.69) is 0 Å². The molecular formula is C15H19F3N2O3. The number of fused-ring (bicyclic) bond motifs is 1. The van der Waals surface area contributed by atoms with Gasteiger partial charge in [-0.15, -0.1) is 0 Å². The van der Waals surface area contributed by atoms with Gasteiger partial charge in [-0.1, -0.05) is 6.07 Å². The van der Waals surface area contributed by atoms with Gasteiger partial charge in [0.2, 0.25) is 0 Å². The lowest BCUT2D eigenvalue weighted by Gasteiger charge is -2.28. The van der Waals surface area contributed by atoms with E-state index in [9.17, 15) is 18.0 Å². The molecule has 1 aliphatic heterocycles. The first-order chi connectivity index (χ1) is 10.8. The lowest BCUT2D eigenvalue weighted by Crippen LogP contribution is -2.46. The van der Waals surface area contributed by atoms with E-state index in [1.54, 1.807) is 25.1 Å². The lowest BCUT2D eigenvalue weighted by atomic mass is 10.0. The molecule has 8 heteroatoms. The number of amides is 1. The molecule has 1 heterocycles. The molecule has 0 saturated heterocycles. The second-order valence-corrected chi connectivity index (χ2v) is 5.32. The molecule has 2 atom stereocenters. The summed E-state index contributed by atoms with van der Waals surface area (Å²) >= 11 is 0. The van der Waals surface area contributed by atoms with Crippen molar-refractivity contribution in [1.82, 2.24) is 4.90 Å². The van der Waals surface area contributed by atoms with Crippen LogP contribution in [0.15, 0.2) is 18.2 Å². The predicted molar refractivity (Wildman–Crippen MR) is 77.1 cm³/mol. The molecule has 0 saturated carbocycles. The Bertz CT molecular complexity index is 578. The second-order valence-electron chi connectivity index (χ2n) is 5.32. The molecule has 0 bridgehead atoms. The van der Waals surface area contributed by atoms with Gasteiger partial charge in [-0.2, -0.15) is 13.2 Å². The average Bonchev–Trinajstić information content (AvgIpc) is 2.89. The van der Waals surface area contributed by atoms with Crippen LogP contribution in [0.2, 0.25) is 0 Å². The van der Waals surface area contributed by atoms with E-state index in [1.807, 2.05) is 0 Å². The zero-order valence-electron chi connectivity index (χ0n) is 12.9. The Morgan fingerprint density at radius 3 is 2.57 bits per heavy atom. The highest BCUT2D eigenvalue weighted by molar-refractivity contribution is 5.82. The highest BCUT2D eigenvalue weighted by Gasteiger charge is 2.43. The SMILES string of the molecule is CCN(C(=O)C(F)(F)F)C(C)Cc1ccc2c(c1)OC(CN)O2. The zero-order chi connectivity index (χ0) is 17.2. The number of carbonyl (C=O) groups excluding carboxylic acids is 1. The van der Waals surface area contributed by atoms with Crippen molar-refractivity contribution in [3.05, 3.63) is 23.8 Å². The van der Waals surface area contributed by atoms with E-state index < -0.39 is 24.4 Å². The molecule has 5 nitrogen and oxygen atoms in total. The number of ether oxygens (including phenoxy) is 2. The first kappa shape index (κ1) is 17.4. The minimum atomic E-state index is -4.87. The van der Waals surface area contributed by atoms with Gasteiger partial charge < -0.3 is 20.1 Å². The predicted octanol–water partition coefficient (Wildman–Crippen LogP) is 2.08. The van der Waals surface area contributed by atoms with E-state index in [0.717, 1.165) is 10.5 Å². The van der Waals surface area contributed by atoms with Gasteiger partial charge in [-0.05, 0) is 38.0 Å². The van der Waals surface area contributed by atoms with Crippen molar-refractivity contribution in [3.8, 4) is 11.5 Å². The standard InChI is InChI=1S/C15H19F3N2O3/c1-3-20(14(21)15(16,17)18)9(2)6-10-4-5-11-12(7-10)23-13(8-19)22-11/h4-5,7,9,13H,3,6,8,19H2,1-2H3. The highest BCUT2D eigenvalue weighted by Crippen LogP contribution is 2.35. The van der Waals surface area contributed by atoms with Crippen molar-refractivity contribution in [2.24, 2.45) is 5.73 Å². The van der Waals surface area contributed by atoms with E-state index >= 15 is 0 Å². The Balaban J connectivity index is 2.08. The number of alkyl halides is 3. The first-order valence-electron chi connectivity index (χ1n) is 7.30. The van der Waals surface area contributed by atoms with Gasteiger partial charge in [0, 0.05) is 12.6 Å². The smallest absolute Gasteiger partial charge is 0.450 e. The molecule has 0 fully saturated rings. The summed E-state index contributed by atoms with van der Waals surface area (Å²) in [6.45, 7) is 3.29. The van der Waals surface area contributed by atoms with E-state index in [-0.39, 0.29) is 19.5 Å². The Morgan fingerprint density at radius 1 is 1.35 bits per heavy atom. The molecule has 0 radical (unpaired) electrons. The highest BCUT2D eigenvalue weighted by atomic mass is 19.4. The summed E-state index contributed by atoms with van der Waals surface area (Å²) in [5, 5.41) is 0. The Kier molecular flexibility index (Phi) is 5.03. The Labute approximate surface area is 132 Å². The topological polar surface area (TPSA) is 64.8 Å². The van der Waals surface area contributed by atoms with E-state index in [0.29, 0.717) is 11.5 Å². The monoisotopic (exact) mass is 332 g/mol. The molecule has 23 heavy (non-hydrogen) atoms. The molecule has 0 aliphatic carbocycles. The van der Waals surface area contributed by atoms with Crippen molar-refractivity contribution in [2.45, 2.75) is 38.8 Å². The number of nitrogens with two attached hydrogens (primary N) is 1. The molecule has 0 aromatic heterocycles. The number of halogens is 3. The summed E-state index contributed by atoms with van der Waals surface area (Å²) in [6, 6.07) is 4.53. The largest absolute Gasteiger partial charge is 0.471 e. The van der Waals surface area contributed by atoms with Crippen LogP contribution in [0.25, 0.3) is 0 Å². The van der Waals surface area contributed by atoms with Crippen LogP contribution in [0.1, 0.15) is 19.4 Å². The average molecular weight is 332 g/mol. The van der Waals surface area contributed by atoms with Gasteiger partial charge in [0.05, 0.1) is 6.54 Å². The van der Waals surface area contributed by atoms with Crippen molar-refractivity contribution in [1.29, 1.82) is 0 Å². The normalized spacial score (nSPS) is 17.9. The molecule has 0 spiro atoms. The summed E-state index contributed by atoms with van der Waals surface area (Å²) in [7, 11) is 0. The van der Waals surface area contributed by atoms with Gasteiger partial charge in [-0.3, -0.25) is 4.79 Å². The fourth-order valence-electron chi connectivity index (χ4n) is 2.54. The number of nitrogens with zero attached hydrogens (tertiary/aromatic N) is 1. The minimum Gasteiger partial charge on any atom is -0.450 e. The molecule has 128 valence electrons. The molecular weight excluding hydrogens is 313 g/mol. The van der Waals surface area contributed by atoms with E-state index in [1.165, 1.54) is 6.92 Å². The van der Waals surface area contributed by atoms with Crippen LogP contribution in [0.5, 0.6) is 11.5 Å². The first-order valence-corrected chi connectivity index (χ1v) is 7.30. The third-order valence-electron chi connectivity index (χ3n) is 3.62. The van der Waals surface area contributed by atoms with Crippen molar-refractivity contribution >= 4 is 5.91 Å². The number of carbonyl (C=O) groups is 1. The maximum Gasteiger partial charge on any atom is 0.471 e. The number of hydrogen-bond donors (Lipinski definition) is 1. The summed E-state index contributed by atoms with van der Waals surface area (Å²) in [4.78, 5) is 12.3. The van der Waals surface area contributed by atoms with Gasteiger partial charge in [0.15, 0.2) is 11.5 Å². The van der Waals surface area contributed by atoms with Crippen LogP contribution in [0.4, 0.5) is 13.2 Å². The molecule has 2 unspecified atom stereocenters. The van der Waals surface area contributed by atoms with Crippen LogP contribution in [0, 0.1) is 0 Å². The molecule has 1 amide bonds. The van der Waals surface area contributed by atoms with Gasteiger partial charge in [0.1, 0.15) is 0 Å². The quantitative estimate of drug-likeness (QED) is 0.897. The maximum absolute atomic E-state index is 12.6. The fourth-order valence-corrected chi connectivity index (χ4v) is 2.54. The Morgan fingerprint density at radius 2 is 2.00 bits per heavy atom. The number of rotatable bonds is 5. The minimum absolute atomic E-state index is 0.0146. The van der Waals surface area contributed by atoms with E-state index in [4.69, 9.17) is 15.2 Å².